The predicted molar refractivity (Wildman–Crippen MR) is 78.2 cm³/mol. The molecule has 1 aliphatic heterocycles. The summed E-state index contributed by atoms with van der Waals surface area (Å²) in [7, 11) is 0. The van der Waals surface area contributed by atoms with Crippen molar-refractivity contribution in [2.45, 2.75) is 26.7 Å². The van der Waals surface area contributed by atoms with Gasteiger partial charge in [0.15, 0.2) is 11.5 Å². The van der Waals surface area contributed by atoms with Gasteiger partial charge in [-0.1, -0.05) is 6.92 Å². The summed E-state index contributed by atoms with van der Waals surface area (Å²) in [5.74, 6) is 2.19. The molecule has 1 fully saturated rings. The number of piperidine rings is 1. The second kappa shape index (κ2) is 5.63. The fraction of sp³-hybridized carbons (Fsp3) is 0.467. The Morgan fingerprint density at radius 2 is 2.00 bits per heavy atom. The van der Waals surface area contributed by atoms with Crippen molar-refractivity contribution in [1.82, 2.24) is 24.6 Å². The summed E-state index contributed by atoms with van der Waals surface area (Å²) in [5.41, 5.74) is 0.408. The van der Waals surface area contributed by atoms with E-state index in [1.165, 1.54) is 0 Å². The molecule has 6 nitrogen and oxygen atoms in total. The lowest BCUT2D eigenvalue weighted by Crippen LogP contribution is -2.38. The van der Waals surface area contributed by atoms with Gasteiger partial charge in [0, 0.05) is 25.5 Å². The average molecular weight is 285 g/mol. The summed E-state index contributed by atoms with van der Waals surface area (Å²) in [5, 5.41) is 8.22. The minimum Gasteiger partial charge on any atom is -0.337 e. The number of imidazole rings is 1. The van der Waals surface area contributed by atoms with E-state index in [1.807, 2.05) is 28.7 Å². The fourth-order valence-corrected chi connectivity index (χ4v) is 2.56. The van der Waals surface area contributed by atoms with E-state index in [0.29, 0.717) is 17.4 Å². The Kier molecular flexibility index (Phi) is 3.68. The summed E-state index contributed by atoms with van der Waals surface area (Å²) in [6, 6.07) is 3.55. The van der Waals surface area contributed by atoms with E-state index in [1.54, 1.807) is 12.3 Å². The van der Waals surface area contributed by atoms with E-state index < -0.39 is 0 Å². The van der Waals surface area contributed by atoms with Gasteiger partial charge >= 0.3 is 0 Å². The highest BCUT2D eigenvalue weighted by atomic mass is 16.2. The van der Waals surface area contributed by atoms with Crippen LogP contribution in [0, 0.1) is 12.8 Å². The zero-order chi connectivity index (χ0) is 14.8. The molecule has 1 aliphatic rings. The van der Waals surface area contributed by atoms with Crippen LogP contribution in [0.4, 0.5) is 0 Å². The molecule has 3 rings (SSSR count). The number of likely N-dealkylation sites (tertiary alicyclic amines) is 1. The van der Waals surface area contributed by atoms with Crippen molar-refractivity contribution in [1.29, 1.82) is 0 Å². The molecule has 0 spiro atoms. The molecule has 21 heavy (non-hydrogen) atoms. The van der Waals surface area contributed by atoms with Gasteiger partial charge in [-0.15, -0.1) is 10.2 Å². The first kappa shape index (κ1) is 13.7. The molecule has 6 heteroatoms. The summed E-state index contributed by atoms with van der Waals surface area (Å²) in [6.45, 7) is 5.74. The number of aromatic nitrogens is 4. The standard InChI is InChI=1S/C15H19N5O/c1-11-5-8-19(9-6-11)15(21)13-3-4-14(18-17-13)20-10-7-16-12(20)2/h3-4,7,10-11H,5-6,8-9H2,1-2H3. The first-order valence-electron chi connectivity index (χ1n) is 7.28. The van der Waals surface area contributed by atoms with Crippen LogP contribution in [0.15, 0.2) is 24.5 Å². The van der Waals surface area contributed by atoms with Gasteiger partial charge < -0.3 is 4.90 Å². The first-order valence-corrected chi connectivity index (χ1v) is 7.28. The Labute approximate surface area is 123 Å². The van der Waals surface area contributed by atoms with Crippen molar-refractivity contribution in [2.24, 2.45) is 5.92 Å². The van der Waals surface area contributed by atoms with Crippen LogP contribution in [-0.2, 0) is 0 Å². The van der Waals surface area contributed by atoms with Crippen LogP contribution in [-0.4, -0.2) is 43.6 Å². The Balaban J connectivity index is 1.75. The molecular weight excluding hydrogens is 266 g/mol. The Morgan fingerprint density at radius 3 is 2.57 bits per heavy atom. The van der Waals surface area contributed by atoms with E-state index in [9.17, 15) is 4.79 Å². The number of hydrogen-bond acceptors (Lipinski definition) is 4. The fourth-order valence-electron chi connectivity index (χ4n) is 2.56. The predicted octanol–water partition coefficient (Wildman–Crippen LogP) is 1.84. The normalized spacial score (nSPS) is 16.2. The number of carbonyl (C=O) groups is 1. The van der Waals surface area contributed by atoms with Gasteiger partial charge in [-0.3, -0.25) is 9.36 Å². The molecule has 2 aromatic heterocycles. The molecule has 1 saturated heterocycles. The third-order valence-electron chi connectivity index (χ3n) is 4.01. The van der Waals surface area contributed by atoms with Crippen molar-refractivity contribution < 1.29 is 4.79 Å². The van der Waals surface area contributed by atoms with E-state index >= 15 is 0 Å². The highest BCUT2D eigenvalue weighted by molar-refractivity contribution is 5.92. The van der Waals surface area contributed by atoms with Gasteiger partial charge in [0.1, 0.15) is 5.82 Å². The molecule has 2 aromatic rings. The van der Waals surface area contributed by atoms with Crippen molar-refractivity contribution in [3.63, 3.8) is 0 Å². The topological polar surface area (TPSA) is 63.9 Å². The maximum atomic E-state index is 12.4. The lowest BCUT2D eigenvalue weighted by atomic mass is 9.99. The van der Waals surface area contributed by atoms with Crippen LogP contribution >= 0.6 is 0 Å². The largest absolute Gasteiger partial charge is 0.337 e. The number of rotatable bonds is 2. The quantitative estimate of drug-likeness (QED) is 0.844. The highest BCUT2D eigenvalue weighted by Gasteiger charge is 2.22. The molecule has 3 heterocycles. The van der Waals surface area contributed by atoms with E-state index in [2.05, 4.69) is 22.1 Å². The second-order valence-corrected chi connectivity index (χ2v) is 5.60. The third kappa shape index (κ3) is 2.79. The SMILES string of the molecule is Cc1nccn1-c1ccc(C(=O)N2CCC(C)CC2)nn1. The minimum absolute atomic E-state index is 0.0247. The molecule has 110 valence electrons. The number of amides is 1. The van der Waals surface area contributed by atoms with Crippen LogP contribution in [0.5, 0.6) is 0 Å². The van der Waals surface area contributed by atoms with Crippen LogP contribution < -0.4 is 0 Å². The maximum absolute atomic E-state index is 12.4. The summed E-state index contributed by atoms with van der Waals surface area (Å²) < 4.78 is 1.84. The van der Waals surface area contributed by atoms with Crippen molar-refractivity contribution in [3.8, 4) is 5.82 Å². The van der Waals surface area contributed by atoms with Gasteiger partial charge in [0.2, 0.25) is 0 Å². The van der Waals surface area contributed by atoms with Gasteiger partial charge in [-0.05, 0) is 37.8 Å². The van der Waals surface area contributed by atoms with Gasteiger partial charge in [0.25, 0.3) is 5.91 Å². The van der Waals surface area contributed by atoms with Gasteiger partial charge in [-0.2, -0.15) is 0 Å². The number of hydrogen-bond donors (Lipinski definition) is 0. The Hall–Kier alpha value is -2.24. The van der Waals surface area contributed by atoms with Crippen molar-refractivity contribution in [3.05, 3.63) is 36.0 Å². The molecular formula is C15H19N5O. The second-order valence-electron chi connectivity index (χ2n) is 5.60. The maximum Gasteiger partial charge on any atom is 0.274 e. The highest BCUT2D eigenvalue weighted by Crippen LogP contribution is 2.17. The minimum atomic E-state index is -0.0247. The first-order chi connectivity index (χ1) is 10.1. The van der Waals surface area contributed by atoms with E-state index in [-0.39, 0.29) is 5.91 Å². The summed E-state index contributed by atoms with van der Waals surface area (Å²) in [4.78, 5) is 18.4. The Bertz CT molecular complexity index is 626. The van der Waals surface area contributed by atoms with Crippen LogP contribution in [0.1, 0.15) is 36.1 Å². The Morgan fingerprint density at radius 1 is 1.24 bits per heavy atom. The molecule has 0 aromatic carbocycles. The summed E-state index contributed by atoms with van der Waals surface area (Å²) in [6.07, 6.45) is 5.66. The van der Waals surface area contributed by atoms with Gasteiger partial charge in [0.05, 0.1) is 0 Å². The number of aryl methyl sites for hydroxylation is 1. The number of carbonyl (C=O) groups excluding carboxylic acids is 1. The molecule has 0 aliphatic carbocycles. The van der Waals surface area contributed by atoms with Gasteiger partial charge in [-0.25, -0.2) is 4.98 Å². The van der Waals surface area contributed by atoms with E-state index in [0.717, 1.165) is 31.8 Å². The lowest BCUT2D eigenvalue weighted by Gasteiger charge is -2.29. The third-order valence-corrected chi connectivity index (χ3v) is 4.01. The smallest absolute Gasteiger partial charge is 0.274 e. The molecule has 0 atom stereocenters. The monoisotopic (exact) mass is 285 g/mol. The van der Waals surface area contributed by atoms with Crippen molar-refractivity contribution in [2.75, 3.05) is 13.1 Å². The van der Waals surface area contributed by atoms with Crippen LogP contribution in [0.2, 0.25) is 0 Å². The summed E-state index contributed by atoms with van der Waals surface area (Å²) >= 11 is 0. The van der Waals surface area contributed by atoms with E-state index in [4.69, 9.17) is 0 Å². The average Bonchev–Trinajstić information content (AvgIpc) is 2.94. The van der Waals surface area contributed by atoms with Crippen molar-refractivity contribution >= 4 is 5.91 Å². The van der Waals surface area contributed by atoms with Crippen LogP contribution in [0.25, 0.3) is 5.82 Å². The van der Waals surface area contributed by atoms with Crippen LogP contribution in [0.3, 0.4) is 0 Å². The molecule has 0 N–H and O–H groups in total. The molecule has 0 bridgehead atoms. The molecule has 0 saturated carbocycles. The zero-order valence-corrected chi connectivity index (χ0v) is 12.4. The molecule has 0 unspecified atom stereocenters. The molecule has 1 amide bonds. The molecule has 0 radical (unpaired) electrons. The number of nitrogens with zero attached hydrogens (tertiary/aromatic N) is 5. The zero-order valence-electron chi connectivity index (χ0n) is 12.4. The lowest BCUT2D eigenvalue weighted by molar-refractivity contribution is 0.0690.